The van der Waals surface area contributed by atoms with Gasteiger partial charge >= 0.3 is 0 Å². The van der Waals surface area contributed by atoms with Crippen LogP contribution in [0.1, 0.15) is 40.4 Å². The van der Waals surface area contributed by atoms with Crippen LogP contribution < -0.4 is 10.6 Å². The number of hydrogen-bond donors (Lipinski definition) is 0. The summed E-state index contributed by atoms with van der Waals surface area (Å²) in [6.45, 7) is 0. The summed E-state index contributed by atoms with van der Waals surface area (Å²) in [5.41, 5.74) is 13.7. The number of furan rings is 1. The molecule has 2 heterocycles. The molecule has 13 rings (SSSR count). The molecule has 1 spiro atoms. The minimum Gasteiger partial charge on any atom is -0.456 e. The Morgan fingerprint density at radius 1 is 0.483 bits per heavy atom. The first-order valence-electron chi connectivity index (χ1n) is 20.0. The van der Waals surface area contributed by atoms with Gasteiger partial charge in [-0.2, -0.15) is 0 Å². The molecular weight excluding hydrogens is 707 g/mol. The molecule has 0 amide bonds. The molecule has 0 fully saturated rings. The van der Waals surface area contributed by atoms with E-state index in [4.69, 9.17) is 19.4 Å². The molecule has 8 aromatic carbocycles. The van der Waals surface area contributed by atoms with Crippen molar-refractivity contribution in [3.8, 4) is 45.0 Å². The van der Waals surface area contributed by atoms with Gasteiger partial charge in [0.2, 0.25) is 0 Å². The van der Waals surface area contributed by atoms with E-state index in [9.17, 15) is 0 Å². The summed E-state index contributed by atoms with van der Waals surface area (Å²) in [5.74, 6) is 2.01. The number of nitrogens with zero attached hydrogens (tertiary/aromatic N) is 3. The lowest BCUT2D eigenvalue weighted by atomic mass is 9.70. The first-order valence-corrected chi connectivity index (χ1v) is 20.0. The predicted molar refractivity (Wildman–Crippen MR) is 234 cm³/mol. The third-order valence-electron chi connectivity index (χ3n) is 12.8. The van der Waals surface area contributed by atoms with Crippen LogP contribution in [0.15, 0.2) is 174 Å². The van der Waals surface area contributed by atoms with Gasteiger partial charge in [0.25, 0.3) is 0 Å². The number of hydrogen-bond acceptors (Lipinski definition) is 4. The SMILES string of the molecule is C1=c2oc3ccccc3c2=CCC1c1nc(-c2ccccc2)nc(-c2ccc(-c3cccc4c3-c3ccccc3C43c4cccc5ccc6cccc3c6c45)cc2)n1. The van der Waals surface area contributed by atoms with Crippen molar-refractivity contribution in [2.24, 2.45) is 0 Å². The Morgan fingerprint density at radius 3 is 1.86 bits per heavy atom. The minimum absolute atomic E-state index is 0.0470. The molecule has 0 bridgehead atoms. The van der Waals surface area contributed by atoms with Gasteiger partial charge in [0.1, 0.15) is 16.8 Å². The van der Waals surface area contributed by atoms with Crippen LogP contribution in [0.2, 0.25) is 0 Å². The highest BCUT2D eigenvalue weighted by Gasteiger charge is 2.51. The highest BCUT2D eigenvalue weighted by atomic mass is 16.3. The third-order valence-corrected chi connectivity index (χ3v) is 12.8. The van der Waals surface area contributed by atoms with Gasteiger partial charge in [-0.25, -0.2) is 15.0 Å². The molecule has 3 aliphatic carbocycles. The molecule has 0 saturated carbocycles. The Labute approximate surface area is 334 Å². The van der Waals surface area contributed by atoms with Gasteiger partial charge < -0.3 is 4.42 Å². The lowest BCUT2D eigenvalue weighted by Gasteiger charge is -2.31. The predicted octanol–water partition coefficient (Wildman–Crippen LogP) is 11.4. The van der Waals surface area contributed by atoms with Crippen LogP contribution in [-0.2, 0) is 5.41 Å². The number of fused-ring (bicyclic) bond motifs is 10. The molecule has 3 aliphatic rings. The largest absolute Gasteiger partial charge is 0.456 e. The van der Waals surface area contributed by atoms with E-state index in [2.05, 4.69) is 152 Å². The molecule has 0 N–H and O–H groups in total. The molecule has 0 radical (unpaired) electrons. The van der Waals surface area contributed by atoms with Crippen LogP contribution in [0.25, 0.3) is 89.7 Å². The summed E-state index contributed by atoms with van der Waals surface area (Å²) >= 11 is 0. The maximum absolute atomic E-state index is 6.30. The third kappa shape index (κ3) is 4.26. The average Bonchev–Trinajstić information content (AvgIpc) is 3.93. The van der Waals surface area contributed by atoms with Crippen LogP contribution in [0.4, 0.5) is 0 Å². The number of benzene rings is 8. The zero-order valence-electron chi connectivity index (χ0n) is 31.4. The lowest BCUT2D eigenvalue weighted by molar-refractivity contribution is 0.568. The van der Waals surface area contributed by atoms with Crippen LogP contribution in [0, 0.1) is 0 Å². The zero-order valence-corrected chi connectivity index (χ0v) is 31.4. The normalized spacial score (nSPS) is 15.4. The van der Waals surface area contributed by atoms with Crippen molar-refractivity contribution in [1.82, 2.24) is 15.0 Å². The molecule has 0 saturated heterocycles. The maximum atomic E-state index is 6.30. The van der Waals surface area contributed by atoms with Gasteiger partial charge in [-0.15, -0.1) is 0 Å². The van der Waals surface area contributed by atoms with Gasteiger partial charge in [0, 0.05) is 27.6 Å². The molecule has 1 atom stereocenters. The summed E-state index contributed by atoms with van der Waals surface area (Å²) in [5, 5.41) is 7.62. The van der Waals surface area contributed by atoms with Gasteiger partial charge in [0.15, 0.2) is 11.6 Å². The minimum atomic E-state index is -0.392. The first kappa shape index (κ1) is 31.7. The fourth-order valence-electron chi connectivity index (χ4n) is 10.4. The molecule has 270 valence electrons. The topological polar surface area (TPSA) is 51.8 Å². The van der Waals surface area contributed by atoms with Crippen LogP contribution in [0.3, 0.4) is 0 Å². The average molecular weight is 740 g/mol. The molecule has 10 aromatic rings. The summed E-state index contributed by atoms with van der Waals surface area (Å²) in [6, 6.07) is 61.4. The smallest absolute Gasteiger partial charge is 0.163 e. The van der Waals surface area contributed by atoms with Gasteiger partial charge in [0.05, 0.1) is 5.41 Å². The van der Waals surface area contributed by atoms with Crippen LogP contribution >= 0.6 is 0 Å². The molecule has 1 unspecified atom stereocenters. The zero-order chi connectivity index (χ0) is 38.0. The van der Waals surface area contributed by atoms with Crippen molar-refractivity contribution >= 4 is 44.7 Å². The fourth-order valence-corrected chi connectivity index (χ4v) is 10.4. The van der Waals surface area contributed by atoms with E-state index >= 15 is 0 Å². The van der Waals surface area contributed by atoms with E-state index in [-0.39, 0.29) is 5.92 Å². The van der Waals surface area contributed by atoms with Crippen LogP contribution in [-0.4, -0.2) is 15.0 Å². The Morgan fingerprint density at radius 2 is 1.09 bits per heavy atom. The Balaban J connectivity index is 0.951. The number of rotatable bonds is 4. The summed E-state index contributed by atoms with van der Waals surface area (Å²) in [7, 11) is 0. The highest BCUT2D eigenvalue weighted by molar-refractivity contribution is 6.17. The van der Waals surface area contributed by atoms with E-state index < -0.39 is 5.41 Å². The van der Waals surface area contributed by atoms with Crippen molar-refractivity contribution in [3.63, 3.8) is 0 Å². The van der Waals surface area contributed by atoms with E-state index in [0.717, 1.165) is 50.5 Å². The van der Waals surface area contributed by atoms with E-state index in [0.29, 0.717) is 11.6 Å². The Kier molecular flexibility index (Phi) is 6.45. The molecule has 4 heteroatoms. The quantitative estimate of drug-likeness (QED) is 0.169. The Bertz CT molecular complexity index is 3430. The first-order chi connectivity index (χ1) is 28.7. The van der Waals surface area contributed by atoms with Crippen molar-refractivity contribution < 1.29 is 4.42 Å². The number of aromatic nitrogens is 3. The monoisotopic (exact) mass is 739 g/mol. The molecule has 58 heavy (non-hydrogen) atoms. The maximum Gasteiger partial charge on any atom is 0.163 e. The second-order valence-electron chi connectivity index (χ2n) is 15.8. The fraction of sp³-hybridized carbons (Fsp3) is 0.0556. The molecule has 2 aromatic heterocycles. The second-order valence-corrected chi connectivity index (χ2v) is 15.8. The molecular formula is C54H33N3O. The highest BCUT2D eigenvalue weighted by Crippen LogP contribution is 2.63. The van der Waals surface area contributed by atoms with E-state index in [1.165, 1.54) is 60.5 Å². The van der Waals surface area contributed by atoms with Gasteiger partial charge in [-0.05, 0) is 84.6 Å². The molecule has 4 nitrogen and oxygen atoms in total. The Hall–Kier alpha value is -7.43. The van der Waals surface area contributed by atoms with Crippen molar-refractivity contribution in [2.75, 3.05) is 0 Å². The standard InChI is InChI=1S/C54H33N3O/c1-2-11-35(12-3-1)51-55-52(57-53(56-51)37-29-30-40-39-15-5-7-22-46(39)58-47(40)31-37)36-27-23-32(24-28-36)38-17-10-21-45-50(38)41-16-4-6-18-42(41)54(45)43-19-8-13-33-25-26-34-14-9-20-44(54)49(34)48(33)43/h1-28,30-31,37H,29H2. The summed E-state index contributed by atoms with van der Waals surface area (Å²) in [4.78, 5) is 15.3. The van der Waals surface area contributed by atoms with E-state index in [1.807, 2.05) is 30.3 Å². The van der Waals surface area contributed by atoms with Crippen molar-refractivity contribution in [3.05, 3.63) is 209 Å². The molecule has 0 aliphatic heterocycles. The van der Waals surface area contributed by atoms with Gasteiger partial charge in [-0.3, -0.25) is 0 Å². The lowest BCUT2D eigenvalue weighted by Crippen LogP contribution is -2.26. The van der Waals surface area contributed by atoms with Crippen molar-refractivity contribution in [2.45, 2.75) is 17.8 Å². The second kappa shape index (κ2) is 11.8. The van der Waals surface area contributed by atoms with E-state index in [1.54, 1.807) is 0 Å². The van der Waals surface area contributed by atoms with Gasteiger partial charge in [-0.1, -0.05) is 170 Å². The summed E-state index contributed by atoms with van der Waals surface area (Å²) < 4.78 is 6.30. The summed E-state index contributed by atoms with van der Waals surface area (Å²) in [6.07, 6.45) is 5.22. The van der Waals surface area contributed by atoms with Crippen molar-refractivity contribution in [1.29, 1.82) is 0 Å². The van der Waals surface area contributed by atoms with Crippen LogP contribution in [0.5, 0.6) is 0 Å². The number of para-hydroxylation sites is 1.